The van der Waals surface area contributed by atoms with E-state index in [9.17, 15) is 0 Å². The van der Waals surface area contributed by atoms with Crippen LogP contribution in [0.1, 0.15) is 5.56 Å². The highest BCUT2D eigenvalue weighted by atomic mass is 28.3. The zero-order chi connectivity index (χ0) is 8.48. The van der Waals surface area contributed by atoms with Gasteiger partial charge in [0.25, 0.3) is 0 Å². The molecule has 0 bridgehead atoms. The van der Waals surface area contributed by atoms with Gasteiger partial charge in [0.2, 0.25) is 0 Å². The van der Waals surface area contributed by atoms with E-state index in [0.717, 1.165) is 10.9 Å². The summed E-state index contributed by atoms with van der Waals surface area (Å²) in [6.07, 6.45) is 3.58. The Balaban J connectivity index is 2.98. The molecule has 0 saturated heterocycles. The summed E-state index contributed by atoms with van der Waals surface area (Å²) in [4.78, 5) is 0. The van der Waals surface area contributed by atoms with Crippen LogP contribution in [0.25, 0.3) is 6.08 Å². The predicted molar refractivity (Wildman–Crippen MR) is 51.8 cm³/mol. The first kappa shape index (κ1) is 8.33. The average Bonchev–Trinajstić information content (AvgIpc) is 2.32. The zero-order valence-corrected chi connectivity index (χ0v) is 8.35. The van der Waals surface area contributed by atoms with Gasteiger partial charge in [-0.2, -0.15) is 0 Å². The summed E-state index contributed by atoms with van der Waals surface area (Å²) in [5, 5.41) is 1.15. The fourth-order valence-corrected chi connectivity index (χ4v) is 1.86. The largest absolute Gasteiger partial charge is 0.474 e. The molecule has 1 nitrogen and oxygen atoms in total. The molecule has 2 heteroatoms. The number of hydrogen-bond donors (Lipinski definition) is 0. The normalized spacial score (nSPS) is 11.5. The number of rotatable bonds is 2. The lowest BCUT2D eigenvalue weighted by atomic mass is 10.3. The Hall–Kier alpha value is -0.763. The van der Waals surface area contributed by atoms with Crippen LogP contribution >= 0.6 is 0 Å². The van der Waals surface area contributed by atoms with Gasteiger partial charge >= 0.3 is 0 Å². The van der Waals surface area contributed by atoms with Crippen LogP contribution in [0.3, 0.4) is 0 Å². The molecule has 0 unspecified atom stereocenters. The molecule has 0 spiro atoms. The lowest BCUT2D eigenvalue weighted by Crippen LogP contribution is -2.36. The second kappa shape index (κ2) is 2.70. The molecule has 0 atom stereocenters. The molecule has 0 aliphatic rings. The highest BCUT2D eigenvalue weighted by Gasteiger charge is 2.20. The van der Waals surface area contributed by atoms with Crippen LogP contribution in [-0.2, 0) is 0 Å². The summed E-state index contributed by atoms with van der Waals surface area (Å²) in [7, 11) is -1.24. The van der Waals surface area contributed by atoms with E-state index in [1.807, 2.05) is 6.08 Å². The van der Waals surface area contributed by atoms with Crippen molar-refractivity contribution in [1.82, 2.24) is 0 Å². The van der Waals surface area contributed by atoms with Crippen LogP contribution in [0.5, 0.6) is 0 Å². The van der Waals surface area contributed by atoms with Crippen molar-refractivity contribution in [3.63, 3.8) is 0 Å². The third-order valence-electron chi connectivity index (χ3n) is 1.59. The molecule has 0 N–H and O–H groups in total. The third-order valence-corrected chi connectivity index (χ3v) is 3.34. The second-order valence-electron chi connectivity index (χ2n) is 3.70. The van der Waals surface area contributed by atoms with Crippen LogP contribution < -0.4 is 5.38 Å². The fourth-order valence-electron chi connectivity index (χ4n) is 0.851. The van der Waals surface area contributed by atoms with Gasteiger partial charge in [0.05, 0.1) is 11.6 Å². The molecular weight excluding hydrogens is 152 g/mol. The summed E-state index contributed by atoms with van der Waals surface area (Å²) in [6, 6.07) is 2.08. The average molecular weight is 166 g/mol. The monoisotopic (exact) mass is 166 g/mol. The van der Waals surface area contributed by atoms with Crippen molar-refractivity contribution in [2.24, 2.45) is 0 Å². The SMILES string of the molecule is C=Cc1coc([Si](C)(C)C)c1. The van der Waals surface area contributed by atoms with Crippen molar-refractivity contribution >= 4 is 19.5 Å². The van der Waals surface area contributed by atoms with E-state index in [2.05, 4.69) is 32.3 Å². The van der Waals surface area contributed by atoms with Gasteiger partial charge in [-0.1, -0.05) is 32.3 Å². The van der Waals surface area contributed by atoms with E-state index in [4.69, 9.17) is 4.42 Å². The topological polar surface area (TPSA) is 13.1 Å². The molecule has 0 saturated carbocycles. The first-order valence-corrected chi connectivity index (χ1v) is 7.25. The molecule has 0 aliphatic heterocycles. The highest BCUT2D eigenvalue weighted by molar-refractivity contribution is 6.87. The minimum absolute atomic E-state index is 1.09. The first-order valence-electron chi connectivity index (χ1n) is 3.75. The van der Waals surface area contributed by atoms with Crippen LogP contribution in [-0.4, -0.2) is 8.07 Å². The van der Waals surface area contributed by atoms with Crippen LogP contribution in [0, 0.1) is 0 Å². The molecule has 1 heterocycles. The standard InChI is InChI=1S/C9H14OSi/c1-5-8-6-9(10-7-8)11(2,3)4/h5-7H,1H2,2-4H3. The molecular formula is C9H14OSi. The van der Waals surface area contributed by atoms with Crippen molar-refractivity contribution in [2.75, 3.05) is 0 Å². The summed E-state index contributed by atoms with van der Waals surface area (Å²) in [5.41, 5.74) is 1.09. The zero-order valence-electron chi connectivity index (χ0n) is 7.35. The Bertz CT molecular complexity index is 255. The van der Waals surface area contributed by atoms with Gasteiger partial charge < -0.3 is 4.42 Å². The minimum Gasteiger partial charge on any atom is -0.474 e. The van der Waals surface area contributed by atoms with E-state index in [1.165, 1.54) is 0 Å². The lowest BCUT2D eigenvalue weighted by Gasteiger charge is -2.10. The molecule has 0 aliphatic carbocycles. The van der Waals surface area contributed by atoms with Gasteiger partial charge in [-0.3, -0.25) is 0 Å². The Labute approximate surface area is 68.7 Å². The maximum absolute atomic E-state index is 5.41. The summed E-state index contributed by atoms with van der Waals surface area (Å²) in [6.45, 7) is 10.5. The molecule has 0 radical (unpaired) electrons. The quantitative estimate of drug-likeness (QED) is 0.615. The van der Waals surface area contributed by atoms with Gasteiger partial charge in [-0.25, -0.2) is 0 Å². The Kier molecular flexibility index (Phi) is 2.05. The van der Waals surface area contributed by atoms with Gasteiger partial charge in [0.15, 0.2) is 0 Å². The lowest BCUT2D eigenvalue weighted by molar-refractivity contribution is 0.597. The van der Waals surface area contributed by atoms with Crippen molar-refractivity contribution in [3.05, 3.63) is 24.5 Å². The van der Waals surface area contributed by atoms with Gasteiger partial charge in [0.1, 0.15) is 8.07 Å². The second-order valence-corrected chi connectivity index (χ2v) is 8.69. The molecule has 1 aromatic rings. The summed E-state index contributed by atoms with van der Waals surface area (Å²) >= 11 is 0. The van der Waals surface area contributed by atoms with Crippen molar-refractivity contribution in [3.8, 4) is 0 Å². The van der Waals surface area contributed by atoms with E-state index in [0.29, 0.717) is 0 Å². The smallest absolute Gasteiger partial charge is 0.123 e. The van der Waals surface area contributed by atoms with Crippen LogP contribution in [0.4, 0.5) is 0 Å². The van der Waals surface area contributed by atoms with E-state index in [-0.39, 0.29) is 0 Å². The molecule has 1 rings (SSSR count). The molecule has 1 aromatic heterocycles. The molecule has 0 amide bonds. The molecule has 0 fully saturated rings. The van der Waals surface area contributed by atoms with E-state index >= 15 is 0 Å². The highest BCUT2D eigenvalue weighted by Crippen LogP contribution is 2.06. The van der Waals surface area contributed by atoms with Gasteiger partial charge in [0, 0.05) is 5.56 Å². The molecule has 11 heavy (non-hydrogen) atoms. The van der Waals surface area contributed by atoms with Crippen LogP contribution in [0.2, 0.25) is 19.6 Å². The fraction of sp³-hybridized carbons (Fsp3) is 0.333. The predicted octanol–water partition coefficient (Wildman–Crippen LogP) is 2.47. The Morgan fingerprint density at radius 3 is 2.36 bits per heavy atom. The summed E-state index contributed by atoms with van der Waals surface area (Å²) < 4.78 is 5.41. The number of hydrogen-bond acceptors (Lipinski definition) is 1. The Morgan fingerprint density at radius 1 is 1.45 bits per heavy atom. The van der Waals surface area contributed by atoms with E-state index < -0.39 is 8.07 Å². The number of furan rings is 1. The van der Waals surface area contributed by atoms with Crippen molar-refractivity contribution in [1.29, 1.82) is 0 Å². The minimum atomic E-state index is -1.24. The molecule has 0 aromatic carbocycles. The maximum atomic E-state index is 5.41. The van der Waals surface area contributed by atoms with Crippen LogP contribution in [0.15, 0.2) is 23.3 Å². The third kappa shape index (κ3) is 1.83. The van der Waals surface area contributed by atoms with Gasteiger partial charge in [-0.15, -0.1) is 0 Å². The molecule has 60 valence electrons. The van der Waals surface area contributed by atoms with Crippen molar-refractivity contribution < 1.29 is 4.42 Å². The van der Waals surface area contributed by atoms with Crippen molar-refractivity contribution in [2.45, 2.75) is 19.6 Å². The maximum Gasteiger partial charge on any atom is 0.123 e. The van der Waals surface area contributed by atoms with Gasteiger partial charge in [-0.05, 0) is 6.07 Å². The summed E-state index contributed by atoms with van der Waals surface area (Å²) in [5.74, 6) is 0. The Morgan fingerprint density at radius 2 is 2.09 bits per heavy atom. The van der Waals surface area contributed by atoms with E-state index in [1.54, 1.807) is 6.26 Å². The first-order chi connectivity index (χ1) is 5.04.